The van der Waals surface area contributed by atoms with Crippen LogP contribution in [0.4, 0.5) is 0 Å². The Hall–Kier alpha value is -2.37. The lowest BCUT2D eigenvalue weighted by molar-refractivity contribution is 0.0599. The zero-order valence-electron chi connectivity index (χ0n) is 13.1. The number of hydrogen-bond acceptors (Lipinski definition) is 6. The van der Waals surface area contributed by atoms with Crippen LogP contribution in [-0.2, 0) is 4.84 Å². The maximum Gasteiger partial charge on any atom is 0.270 e. The van der Waals surface area contributed by atoms with E-state index in [0.717, 1.165) is 35.7 Å². The van der Waals surface area contributed by atoms with Gasteiger partial charge in [0.1, 0.15) is 5.75 Å². The predicted molar refractivity (Wildman–Crippen MR) is 83.5 cm³/mol. The molecule has 23 heavy (non-hydrogen) atoms. The minimum absolute atomic E-state index is 0.293. The lowest BCUT2D eigenvalue weighted by atomic mass is 10.0. The third-order valence-electron chi connectivity index (χ3n) is 4.53. The Morgan fingerprint density at radius 1 is 1.22 bits per heavy atom. The summed E-state index contributed by atoms with van der Waals surface area (Å²) in [5.74, 6) is 2.58. The minimum atomic E-state index is -0.293. The Morgan fingerprint density at radius 3 is 2.91 bits per heavy atom. The van der Waals surface area contributed by atoms with Crippen molar-refractivity contribution >= 4 is 5.71 Å². The Balaban J connectivity index is 1.47. The number of ether oxygens (including phenoxy) is 1. The molecule has 2 aromatic rings. The summed E-state index contributed by atoms with van der Waals surface area (Å²) in [7, 11) is 1.65. The Kier molecular flexibility index (Phi) is 3.73. The number of methoxy groups -OCH3 is 1. The van der Waals surface area contributed by atoms with Crippen molar-refractivity contribution in [2.24, 2.45) is 5.16 Å². The quantitative estimate of drug-likeness (QED) is 0.862. The van der Waals surface area contributed by atoms with Gasteiger partial charge in [0, 0.05) is 17.9 Å². The van der Waals surface area contributed by atoms with E-state index in [2.05, 4.69) is 15.3 Å². The van der Waals surface area contributed by atoms with Gasteiger partial charge in [-0.25, -0.2) is 0 Å². The smallest absolute Gasteiger partial charge is 0.270 e. The van der Waals surface area contributed by atoms with Crippen molar-refractivity contribution in [3.63, 3.8) is 0 Å². The molecule has 1 atom stereocenters. The van der Waals surface area contributed by atoms with Crippen molar-refractivity contribution in [3.8, 4) is 5.75 Å². The highest BCUT2D eigenvalue weighted by Gasteiger charge is 2.31. The molecule has 0 N–H and O–H groups in total. The van der Waals surface area contributed by atoms with Gasteiger partial charge in [-0.2, -0.15) is 4.98 Å². The predicted octanol–water partition coefficient (Wildman–Crippen LogP) is 3.60. The fourth-order valence-corrected chi connectivity index (χ4v) is 3.21. The second-order valence-corrected chi connectivity index (χ2v) is 6.04. The Bertz CT molecular complexity index is 719. The van der Waals surface area contributed by atoms with Gasteiger partial charge >= 0.3 is 0 Å². The summed E-state index contributed by atoms with van der Waals surface area (Å²) in [5.41, 5.74) is 1.86. The fourth-order valence-electron chi connectivity index (χ4n) is 3.21. The van der Waals surface area contributed by atoms with E-state index in [1.165, 1.54) is 12.8 Å². The molecule has 1 aliphatic carbocycles. The van der Waals surface area contributed by atoms with Gasteiger partial charge < -0.3 is 14.1 Å². The number of rotatable bonds is 4. The van der Waals surface area contributed by atoms with Gasteiger partial charge in [0.15, 0.2) is 5.82 Å². The highest BCUT2D eigenvalue weighted by Crippen LogP contribution is 2.34. The molecule has 0 spiro atoms. The summed E-state index contributed by atoms with van der Waals surface area (Å²) >= 11 is 0. The van der Waals surface area contributed by atoms with E-state index in [-0.39, 0.29) is 6.10 Å². The molecule has 120 valence electrons. The van der Waals surface area contributed by atoms with E-state index in [1.54, 1.807) is 7.11 Å². The molecule has 6 heteroatoms. The van der Waals surface area contributed by atoms with Crippen LogP contribution in [0.5, 0.6) is 5.75 Å². The van der Waals surface area contributed by atoms with E-state index < -0.39 is 0 Å². The summed E-state index contributed by atoms with van der Waals surface area (Å²) in [6.07, 6.45) is 5.12. The summed E-state index contributed by atoms with van der Waals surface area (Å²) in [4.78, 5) is 10.0. The van der Waals surface area contributed by atoms with Crippen molar-refractivity contribution < 1.29 is 14.1 Å². The summed E-state index contributed by atoms with van der Waals surface area (Å²) < 4.78 is 10.7. The summed E-state index contributed by atoms with van der Waals surface area (Å²) in [5, 5.41) is 8.31. The molecule has 1 aromatic carbocycles. The molecular weight excluding hydrogens is 294 g/mol. The molecule has 1 fully saturated rings. The van der Waals surface area contributed by atoms with Crippen LogP contribution in [0, 0.1) is 0 Å². The maximum atomic E-state index is 5.51. The Morgan fingerprint density at radius 2 is 2.09 bits per heavy atom. The maximum absolute atomic E-state index is 5.51. The zero-order chi connectivity index (χ0) is 15.6. The van der Waals surface area contributed by atoms with Gasteiger partial charge in [-0.3, -0.25) is 0 Å². The molecule has 2 aliphatic rings. The average Bonchev–Trinajstić information content (AvgIpc) is 3.34. The molecule has 1 saturated carbocycles. The van der Waals surface area contributed by atoms with Gasteiger partial charge in [0.2, 0.25) is 6.10 Å². The zero-order valence-corrected chi connectivity index (χ0v) is 13.1. The van der Waals surface area contributed by atoms with E-state index in [1.807, 2.05) is 24.3 Å². The third kappa shape index (κ3) is 2.81. The molecule has 1 aromatic heterocycles. The lowest BCUT2D eigenvalue weighted by Crippen LogP contribution is -2.03. The van der Waals surface area contributed by atoms with Crippen molar-refractivity contribution in [2.45, 2.75) is 44.1 Å². The van der Waals surface area contributed by atoms with Crippen molar-refractivity contribution in [1.29, 1.82) is 0 Å². The molecule has 0 amide bonds. The van der Waals surface area contributed by atoms with Crippen LogP contribution >= 0.6 is 0 Å². The lowest BCUT2D eigenvalue weighted by Gasteiger charge is -2.03. The standard InChI is InChI=1S/C17H19N3O3/c1-21-13-8-4-7-12(9-13)14-10-15(22-19-14)17-18-16(20-23-17)11-5-2-3-6-11/h4,7-9,11,15H,2-3,5-6,10H2,1H3/t15-/m0/s1. The molecule has 0 bridgehead atoms. The number of benzene rings is 1. The van der Waals surface area contributed by atoms with Gasteiger partial charge in [-0.1, -0.05) is 35.3 Å². The number of oxime groups is 1. The summed E-state index contributed by atoms with van der Waals surface area (Å²) in [6.45, 7) is 0. The molecule has 4 rings (SSSR count). The third-order valence-corrected chi connectivity index (χ3v) is 4.53. The first-order chi connectivity index (χ1) is 11.3. The number of nitrogens with zero attached hydrogens (tertiary/aromatic N) is 3. The van der Waals surface area contributed by atoms with Crippen LogP contribution in [0.3, 0.4) is 0 Å². The Labute approximate surface area is 134 Å². The van der Waals surface area contributed by atoms with Crippen molar-refractivity contribution in [1.82, 2.24) is 10.1 Å². The second kappa shape index (κ2) is 6.02. The largest absolute Gasteiger partial charge is 0.497 e. The molecule has 0 unspecified atom stereocenters. The first-order valence-corrected chi connectivity index (χ1v) is 8.04. The van der Waals surface area contributed by atoms with E-state index >= 15 is 0 Å². The molecule has 1 aliphatic heterocycles. The van der Waals surface area contributed by atoms with Crippen LogP contribution < -0.4 is 4.74 Å². The van der Waals surface area contributed by atoms with E-state index in [9.17, 15) is 0 Å². The average molecular weight is 313 g/mol. The van der Waals surface area contributed by atoms with Gasteiger partial charge in [0.25, 0.3) is 5.89 Å². The van der Waals surface area contributed by atoms with Crippen LogP contribution in [-0.4, -0.2) is 23.0 Å². The number of aromatic nitrogens is 2. The highest BCUT2D eigenvalue weighted by atomic mass is 16.7. The minimum Gasteiger partial charge on any atom is -0.497 e. The summed E-state index contributed by atoms with van der Waals surface area (Å²) in [6, 6.07) is 7.78. The van der Waals surface area contributed by atoms with E-state index in [0.29, 0.717) is 18.2 Å². The number of hydrogen-bond donors (Lipinski definition) is 0. The molecule has 2 heterocycles. The molecule has 6 nitrogen and oxygen atoms in total. The molecular formula is C17H19N3O3. The van der Waals surface area contributed by atoms with E-state index in [4.69, 9.17) is 14.1 Å². The fraction of sp³-hybridized carbons (Fsp3) is 0.471. The first-order valence-electron chi connectivity index (χ1n) is 8.04. The normalized spacial score (nSPS) is 21.3. The monoisotopic (exact) mass is 313 g/mol. The molecule has 0 saturated heterocycles. The van der Waals surface area contributed by atoms with Crippen molar-refractivity contribution in [3.05, 3.63) is 41.5 Å². The SMILES string of the molecule is COc1cccc(C2=NO[C@H](c3nc(C4CCCC4)no3)C2)c1. The van der Waals surface area contributed by atoms with Crippen LogP contribution in [0.2, 0.25) is 0 Å². The second-order valence-electron chi connectivity index (χ2n) is 6.04. The van der Waals surface area contributed by atoms with Gasteiger partial charge in [-0.05, 0) is 25.0 Å². The van der Waals surface area contributed by atoms with Crippen LogP contribution in [0.25, 0.3) is 0 Å². The topological polar surface area (TPSA) is 69.7 Å². The first kappa shape index (κ1) is 14.2. The van der Waals surface area contributed by atoms with Crippen molar-refractivity contribution in [2.75, 3.05) is 7.11 Å². The van der Waals surface area contributed by atoms with Crippen LogP contribution in [0.1, 0.15) is 61.4 Å². The van der Waals surface area contributed by atoms with Gasteiger partial charge in [-0.15, -0.1) is 0 Å². The van der Waals surface area contributed by atoms with Crippen LogP contribution in [0.15, 0.2) is 33.9 Å². The van der Waals surface area contributed by atoms with Gasteiger partial charge in [0.05, 0.1) is 12.8 Å². The molecule has 0 radical (unpaired) electrons. The highest BCUT2D eigenvalue weighted by molar-refractivity contribution is 6.01.